The maximum atomic E-state index is 9.28. The number of para-hydroxylation sites is 3. The van der Waals surface area contributed by atoms with Crippen molar-refractivity contribution in [2.45, 2.75) is 78.6 Å². The highest BCUT2D eigenvalue weighted by molar-refractivity contribution is 6.09. The zero-order valence-corrected chi connectivity index (χ0v) is 32.3. The molecule has 0 atom stereocenters. The zero-order valence-electron chi connectivity index (χ0n) is 35.3. The SMILES string of the molecule is [2H]c1nc(-n2c3ccccc3c3ccc(Oc4cccc(N5CN(c6cc(C(C)(C)C)cc(C(C)(C)C)c6)c6ccccc65)c4)cc32)c([2H])c(C(C)(C)C)c1[2H]. The minimum Gasteiger partial charge on any atom is -0.457 e. The zero-order chi connectivity index (χ0) is 39.9. The van der Waals surface area contributed by atoms with Crippen molar-refractivity contribution < 1.29 is 8.85 Å². The second kappa shape index (κ2) is 12.5. The van der Waals surface area contributed by atoms with Crippen molar-refractivity contribution in [3.05, 3.63) is 144 Å². The van der Waals surface area contributed by atoms with Gasteiger partial charge in [-0.1, -0.05) is 105 Å². The second-order valence-corrected chi connectivity index (χ2v) is 17.3. The number of benzene rings is 5. The van der Waals surface area contributed by atoms with E-state index in [0.29, 0.717) is 29.5 Å². The highest BCUT2D eigenvalue weighted by atomic mass is 16.5. The minimum atomic E-state index is -0.515. The predicted octanol–water partition coefficient (Wildman–Crippen LogP) is 13.1. The van der Waals surface area contributed by atoms with Gasteiger partial charge in [0.25, 0.3) is 0 Å². The molecule has 0 aliphatic carbocycles. The van der Waals surface area contributed by atoms with Gasteiger partial charge in [0.2, 0.25) is 0 Å². The number of ether oxygens (including phenoxy) is 1. The summed E-state index contributed by atoms with van der Waals surface area (Å²) in [6.07, 6.45) is -0.144. The number of rotatable bonds is 5. The Bertz CT molecular complexity index is 2630. The first-order valence-corrected chi connectivity index (χ1v) is 18.5. The van der Waals surface area contributed by atoms with Crippen LogP contribution in [-0.4, -0.2) is 16.2 Å². The van der Waals surface area contributed by atoms with Crippen LogP contribution in [0, 0.1) is 0 Å². The summed E-state index contributed by atoms with van der Waals surface area (Å²) in [5, 5.41) is 2.00. The standard InChI is InChI=1S/C48H50N4O/c1-46(2,3)32-23-24-49-45(28-32)52-41-18-11-10-17-39(41)40-22-21-38(30-44(40)52)53-37-16-14-15-35(29-37)50-31-51(43-20-13-12-19-42(43)50)36-26-33(47(4,5)6)25-34(27-36)48(7,8)9/h10-30H,31H2,1-9H3/i23D,24D,28D. The van der Waals surface area contributed by atoms with E-state index >= 15 is 0 Å². The second-order valence-electron chi connectivity index (χ2n) is 17.3. The first kappa shape index (κ1) is 31.0. The first-order chi connectivity index (χ1) is 26.4. The molecule has 7 aromatic rings. The molecule has 3 heterocycles. The van der Waals surface area contributed by atoms with Crippen LogP contribution in [0.4, 0.5) is 22.7 Å². The summed E-state index contributed by atoms with van der Waals surface area (Å²) in [4.78, 5) is 9.29. The minimum absolute atomic E-state index is 0.00447. The van der Waals surface area contributed by atoms with E-state index in [4.69, 9.17) is 7.48 Å². The van der Waals surface area contributed by atoms with Crippen LogP contribution in [0.5, 0.6) is 11.5 Å². The Morgan fingerprint density at radius 2 is 1.17 bits per heavy atom. The lowest BCUT2D eigenvalue weighted by Crippen LogP contribution is -2.25. The molecule has 1 aliphatic heterocycles. The van der Waals surface area contributed by atoms with Crippen LogP contribution >= 0.6 is 0 Å². The number of anilines is 4. The number of pyridine rings is 1. The summed E-state index contributed by atoms with van der Waals surface area (Å²) in [7, 11) is 0. The van der Waals surface area contributed by atoms with Crippen molar-refractivity contribution in [3.8, 4) is 17.3 Å². The van der Waals surface area contributed by atoms with E-state index in [1.165, 1.54) is 16.8 Å². The van der Waals surface area contributed by atoms with Gasteiger partial charge in [-0.15, -0.1) is 0 Å². The van der Waals surface area contributed by atoms with Gasteiger partial charge in [0.1, 0.15) is 24.0 Å². The quantitative estimate of drug-likeness (QED) is 0.179. The van der Waals surface area contributed by atoms with Crippen LogP contribution < -0.4 is 14.5 Å². The van der Waals surface area contributed by atoms with Gasteiger partial charge < -0.3 is 14.5 Å². The molecular weight excluding hydrogens is 649 g/mol. The van der Waals surface area contributed by atoms with Crippen molar-refractivity contribution in [1.29, 1.82) is 0 Å². The van der Waals surface area contributed by atoms with Gasteiger partial charge in [-0.3, -0.25) is 4.57 Å². The lowest BCUT2D eigenvalue weighted by atomic mass is 9.80. The molecule has 0 bridgehead atoms. The molecule has 0 saturated heterocycles. The number of hydrogen-bond acceptors (Lipinski definition) is 4. The molecule has 0 fully saturated rings. The van der Waals surface area contributed by atoms with E-state index in [-0.39, 0.29) is 29.1 Å². The summed E-state index contributed by atoms with van der Waals surface area (Å²) in [6, 6.07) is 38.1. The molecule has 2 aromatic heterocycles. The van der Waals surface area contributed by atoms with E-state index < -0.39 is 5.41 Å². The van der Waals surface area contributed by atoms with Gasteiger partial charge in [0, 0.05) is 40.5 Å². The molecule has 0 radical (unpaired) electrons. The van der Waals surface area contributed by atoms with Crippen LogP contribution in [0.3, 0.4) is 0 Å². The summed E-state index contributed by atoms with van der Waals surface area (Å²) in [5.74, 6) is 1.68. The molecule has 1 aliphatic rings. The molecule has 268 valence electrons. The fourth-order valence-corrected chi connectivity index (χ4v) is 7.17. The van der Waals surface area contributed by atoms with Gasteiger partial charge in [-0.25, -0.2) is 4.98 Å². The Labute approximate surface area is 318 Å². The molecule has 0 spiro atoms. The van der Waals surface area contributed by atoms with E-state index in [2.05, 4.69) is 117 Å². The predicted molar refractivity (Wildman–Crippen MR) is 223 cm³/mol. The molecule has 0 N–H and O–H groups in total. The number of fused-ring (bicyclic) bond motifs is 4. The molecule has 53 heavy (non-hydrogen) atoms. The highest BCUT2D eigenvalue weighted by Crippen LogP contribution is 2.46. The maximum absolute atomic E-state index is 9.28. The molecule has 5 nitrogen and oxygen atoms in total. The normalized spacial score (nSPS) is 14.4. The fraction of sp³-hybridized carbons (Fsp3) is 0.271. The van der Waals surface area contributed by atoms with E-state index in [9.17, 15) is 1.37 Å². The van der Waals surface area contributed by atoms with Crippen LogP contribution in [0.2, 0.25) is 0 Å². The maximum Gasteiger partial charge on any atom is 0.137 e. The van der Waals surface area contributed by atoms with Gasteiger partial charge in [-0.05, 0) is 99.6 Å². The Morgan fingerprint density at radius 1 is 0.566 bits per heavy atom. The van der Waals surface area contributed by atoms with Crippen molar-refractivity contribution >= 4 is 44.6 Å². The van der Waals surface area contributed by atoms with Crippen molar-refractivity contribution in [2.24, 2.45) is 0 Å². The Hall–Kier alpha value is -5.55. The van der Waals surface area contributed by atoms with E-state index in [1.807, 2.05) is 73.9 Å². The largest absolute Gasteiger partial charge is 0.457 e. The lowest BCUT2D eigenvalue weighted by Gasteiger charge is -2.29. The summed E-state index contributed by atoms with van der Waals surface area (Å²) >= 11 is 0. The van der Waals surface area contributed by atoms with Crippen LogP contribution in [-0.2, 0) is 16.2 Å². The number of aromatic nitrogens is 2. The van der Waals surface area contributed by atoms with Gasteiger partial charge in [0.05, 0.1) is 26.5 Å². The van der Waals surface area contributed by atoms with Crippen LogP contribution in [0.1, 0.15) is 83.1 Å². The van der Waals surface area contributed by atoms with Crippen LogP contribution in [0.15, 0.2) is 127 Å². The molecule has 0 unspecified atom stereocenters. The monoisotopic (exact) mass is 701 g/mol. The summed E-state index contributed by atoms with van der Waals surface area (Å²) in [6.45, 7) is 20.2. The number of hydrogen-bond donors (Lipinski definition) is 0. The molecular formula is C48H50N4O. The highest BCUT2D eigenvalue weighted by Gasteiger charge is 2.30. The lowest BCUT2D eigenvalue weighted by molar-refractivity contribution is 0.483. The van der Waals surface area contributed by atoms with Gasteiger partial charge in [0.15, 0.2) is 0 Å². The summed E-state index contributed by atoms with van der Waals surface area (Å²) in [5.41, 5.74) is 8.82. The molecule has 0 amide bonds. The van der Waals surface area contributed by atoms with Crippen molar-refractivity contribution in [3.63, 3.8) is 0 Å². The molecule has 8 rings (SSSR count). The Morgan fingerprint density at radius 3 is 1.85 bits per heavy atom. The summed E-state index contributed by atoms with van der Waals surface area (Å²) < 4.78 is 35.1. The Balaban J connectivity index is 1.18. The third-order valence-corrected chi connectivity index (χ3v) is 10.3. The fourth-order valence-electron chi connectivity index (χ4n) is 7.17. The van der Waals surface area contributed by atoms with Gasteiger partial charge in [-0.2, -0.15) is 0 Å². The Kier molecular flexibility index (Phi) is 7.34. The number of nitrogens with zero attached hydrogens (tertiary/aromatic N) is 4. The topological polar surface area (TPSA) is 33.5 Å². The van der Waals surface area contributed by atoms with E-state index in [0.717, 1.165) is 38.9 Å². The van der Waals surface area contributed by atoms with Crippen molar-refractivity contribution in [1.82, 2.24) is 9.55 Å². The average Bonchev–Trinajstić information content (AvgIpc) is 3.68. The molecule has 5 heteroatoms. The molecule has 5 aromatic carbocycles. The third kappa shape index (κ3) is 6.43. The van der Waals surface area contributed by atoms with Gasteiger partial charge >= 0.3 is 0 Å². The first-order valence-electron chi connectivity index (χ1n) is 20.0. The smallest absolute Gasteiger partial charge is 0.137 e. The average molecular weight is 702 g/mol. The third-order valence-electron chi connectivity index (χ3n) is 10.3. The van der Waals surface area contributed by atoms with E-state index in [1.54, 1.807) is 0 Å². The van der Waals surface area contributed by atoms with Crippen LogP contribution in [0.25, 0.3) is 27.6 Å². The molecule has 0 saturated carbocycles. The van der Waals surface area contributed by atoms with Crippen molar-refractivity contribution in [2.75, 3.05) is 16.5 Å².